The molecule has 0 aliphatic carbocycles. The summed E-state index contributed by atoms with van der Waals surface area (Å²) >= 11 is 0. The number of unbranched alkanes of at least 4 members (excludes halogenated alkanes) is 1. The summed E-state index contributed by atoms with van der Waals surface area (Å²) < 4.78 is 6.49. The van der Waals surface area contributed by atoms with Gasteiger partial charge in [0.1, 0.15) is 0 Å². The number of aliphatic imine (C=N–C) groups is 1. The van der Waals surface area contributed by atoms with E-state index in [0.29, 0.717) is 13.0 Å². The molecule has 0 aromatic carbocycles. The number of esters is 1. The van der Waals surface area contributed by atoms with Crippen LogP contribution in [0, 0.1) is 13.8 Å². The maximum atomic E-state index is 11.0. The number of carbonyl (C=O) groups excluding carboxylic acids is 1. The molecule has 124 valence electrons. The van der Waals surface area contributed by atoms with Gasteiger partial charge in [0.25, 0.3) is 0 Å². The van der Waals surface area contributed by atoms with Gasteiger partial charge in [-0.05, 0) is 26.7 Å². The van der Waals surface area contributed by atoms with Crippen LogP contribution in [0.2, 0.25) is 0 Å². The van der Waals surface area contributed by atoms with Crippen molar-refractivity contribution in [3.8, 4) is 0 Å². The third-order valence-corrected chi connectivity index (χ3v) is 3.64. The maximum Gasteiger partial charge on any atom is 0.305 e. The quantitative estimate of drug-likeness (QED) is 0.340. The molecule has 22 heavy (non-hydrogen) atoms. The molecule has 7 heteroatoms. The zero-order valence-electron chi connectivity index (χ0n) is 14.2. The fraction of sp³-hybridized carbons (Fsp3) is 0.667. The van der Waals surface area contributed by atoms with E-state index in [4.69, 9.17) is 0 Å². The molecule has 0 unspecified atom stereocenters. The van der Waals surface area contributed by atoms with Gasteiger partial charge >= 0.3 is 5.97 Å². The number of methoxy groups -OCH3 is 1. The molecule has 1 aromatic rings. The Morgan fingerprint density at radius 2 is 2.05 bits per heavy atom. The lowest BCUT2D eigenvalue weighted by Gasteiger charge is -2.12. The van der Waals surface area contributed by atoms with Crippen molar-refractivity contribution >= 4 is 11.9 Å². The summed E-state index contributed by atoms with van der Waals surface area (Å²) in [5.74, 6) is 0.589. The van der Waals surface area contributed by atoms with E-state index in [1.807, 2.05) is 18.7 Å². The molecule has 0 saturated heterocycles. The first-order chi connectivity index (χ1) is 10.5. The molecule has 0 spiro atoms. The average molecular weight is 309 g/mol. The van der Waals surface area contributed by atoms with Crippen LogP contribution in [-0.4, -0.2) is 42.4 Å². The van der Waals surface area contributed by atoms with E-state index in [1.54, 1.807) is 7.05 Å². The number of aryl methyl sites for hydroxylation is 2. The van der Waals surface area contributed by atoms with E-state index in [9.17, 15) is 4.79 Å². The monoisotopic (exact) mass is 309 g/mol. The predicted octanol–water partition coefficient (Wildman–Crippen LogP) is 1.05. The van der Waals surface area contributed by atoms with Crippen molar-refractivity contribution in [1.29, 1.82) is 0 Å². The highest BCUT2D eigenvalue weighted by molar-refractivity contribution is 5.79. The lowest BCUT2D eigenvalue weighted by atomic mass is 10.2. The van der Waals surface area contributed by atoms with Crippen LogP contribution in [0.3, 0.4) is 0 Å². The molecular formula is C15H27N5O2. The SMILES string of the molecule is CN=C(NCCCCC(=O)OC)NCc1c(C)nn(C)c1C. The van der Waals surface area contributed by atoms with Crippen LogP contribution in [0.25, 0.3) is 0 Å². The van der Waals surface area contributed by atoms with E-state index in [1.165, 1.54) is 12.7 Å². The molecule has 7 nitrogen and oxygen atoms in total. The van der Waals surface area contributed by atoms with E-state index < -0.39 is 0 Å². The topological polar surface area (TPSA) is 80.5 Å². The van der Waals surface area contributed by atoms with E-state index in [0.717, 1.165) is 36.7 Å². The molecule has 0 radical (unpaired) electrons. The van der Waals surface area contributed by atoms with E-state index in [2.05, 4.69) is 32.4 Å². The molecule has 2 N–H and O–H groups in total. The Hall–Kier alpha value is -2.05. The summed E-state index contributed by atoms with van der Waals surface area (Å²) in [4.78, 5) is 15.2. The first-order valence-corrected chi connectivity index (χ1v) is 7.50. The standard InChI is InChI=1S/C15H27N5O2/c1-11-13(12(2)20(4)19-11)10-18-15(16-3)17-9-7-6-8-14(21)22-5/h6-10H2,1-5H3,(H2,16,17,18). The lowest BCUT2D eigenvalue weighted by Crippen LogP contribution is -2.37. The molecule has 0 aliphatic heterocycles. The number of rotatable bonds is 7. The fourth-order valence-corrected chi connectivity index (χ4v) is 2.17. The molecule has 0 fully saturated rings. The van der Waals surface area contributed by atoms with Gasteiger partial charge in [-0.25, -0.2) is 0 Å². The van der Waals surface area contributed by atoms with Crippen molar-refractivity contribution < 1.29 is 9.53 Å². The molecule has 1 rings (SSSR count). The maximum absolute atomic E-state index is 11.0. The molecule has 1 aromatic heterocycles. The average Bonchev–Trinajstić information content (AvgIpc) is 2.75. The van der Waals surface area contributed by atoms with Crippen molar-refractivity contribution in [1.82, 2.24) is 20.4 Å². The summed E-state index contributed by atoms with van der Waals surface area (Å²) in [6.07, 6.45) is 2.15. The molecular weight excluding hydrogens is 282 g/mol. The third kappa shape index (κ3) is 5.38. The van der Waals surface area contributed by atoms with Crippen LogP contribution in [0.4, 0.5) is 0 Å². The van der Waals surface area contributed by atoms with Crippen LogP contribution in [0.15, 0.2) is 4.99 Å². The molecule has 0 amide bonds. The van der Waals surface area contributed by atoms with Crippen LogP contribution < -0.4 is 10.6 Å². The Morgan fingerprint density at radius 1 is 1.32 bits per heavy atom. The summed E-state index contributed by atoms with van der Waals surface area (Å²) in [6.45, 7) is 5.52. The molecule has 1 heterocycles. The van der Waals surface area contributed by atoms with Gasteiger partial charge in [-0.3, -0.25) is 14.5 Å². The van der Waals surface area contributed by atoms with Crippen LogP contribution in [-0.2, 0) is 23.1 Å². The van der Waals surface area contributed by atoms with Crippen LogP contribution >= 0.6 is 0 Å². The van der Waals surface area contributed by atoms with Gasteiger partial charge in [-0.1, -0.05) is 0 Å². The second-order valence-electron chi connectivity index (χ2n) is 5.16. The zero-order chi connectivity index (χ0) is 16.5. The minimum absolute atomic E-state index is 0.162. The van der Waals surface area contributed by atoms with Crippen molar-refractivity contribution in [2.45, 2.75) is 39.7 Å². The Bertz CT molecular complexity index is 522. The summed E-state index contributed by atoms with van der Waals surface area (Å²) in [7, 11) is 5.10. The number of guanidine groups is 1. The van der Waals surface area contributed by atoms with Gasteiger partial charge in [0.2, 0.25) is 0 Å². The highest BCUT2D eigenvalue weighted by atomic mass is 16.5. The first kappa shape index (κ1) is 18.0. The van der Waals surface area contributed by atoms with Crippen molar-refractivity contribution in [3.63, 3.8) is 0 Å². The highest BCUT2D eigenvalue weighted by Crippen LogP contribution is 2.10. The number of nitrogens with zero attached hydrogens (tertiary/aromatic N) is 3. The number of hydrogen-bond donors (Lipinski definition) is 2. The lowest BCUT2D eigenvalue weighted by molar-refractivity contribution is -0.140. The minimum Gasteiger partial charge on any atom is -0.469 e. The van der Waals surface area contributed by atoms with Crippen molar-refractivity contribution in [3.05, 3.63) is 17.0 Å². The Labute approximate surface area is 132 Å². The Balaban J connectivity index is 2.33. The van der Waals surface area contributed by atoms with Crippen LogP contribution in [0.1, 0.15) is 36.2 Å². The minimum atomic E-state index is -0.162. The number of aromatic nitrogens is 2. The Morgan fingerprint density at radius 3 is 2.59 bits per heavy atom. The number of hydrogen-bond acceptors (Lipinski definition) is 4. The van der Waals surface area contributed by atoms with Crippen molar-refractivity contribution in [2.75, 3.05) is 20.7 Å². The first-order valence-electron chi connectivity index (χ1n) is 7.50. The van der Waals surface area contributed by atoms with Gasteiger partial charge in [0.15, 0.2) is 5.96 Å². The zero-order valence-corrected chi connectivity index (χ0v) is 14.2. The van der Waals surface area contributed by atoms with Crippen LogP contribution in [0.5, 0.6) is 0 Å². The van der Waals surface area contributed by atoms with E-state index >= 15 is 0 Å². The van der Waals surface area contributed by atoms with Crippen molar-refractivity contribution in [2.24, 2.45) is 12.0 Å². The van der Waals surface area contributed by atoms with Gasteiger partial charge in [-0.2, -0.15) is 5.10 Å². The fourth-order valence-electron chi connectivity index (χ4n) is 2.17. The smallest absolute Gasteiger partial charge is 0.305 e. The van der Waals surface area contributed by atoms with E-state index in [-0.39, 0.29) is 5.97 Å². The molecule has 0 aliphatic rings. The van der Waals surface area contributed by atoms with Gasteiger partial charge in [0.05, 0.1) is 12.8 Å². The molecule has 0 bridgehead atoms. The Kier molecular flexibility index (Phi) is 7.42. The predicted molar refractivity (Wildman–Crippen MR) is 86.8 cm³/mol. The van der Waals surface area contributed by atoms with Gasteiger partial charge < -0.3 is 15.4 Å². The number of ether oxygens (including phenoxy) is 1. The van der Waals surface area contributed by atoms with Gasteiger partial charge in [-0.15, -0.1) is 0 Å². The molecule has 0 atom stereocenters. The number of carbonyl (C=O) groups is 1. The largest absolute Gasteiger partial charge is 0.469 e. The summed E-state index contributed by atoms with van der Waals surface area (Å²) in [5.41, 5.74) is 3.37. The highest BCUT2D eigenvalue weighted by Gasteiger charge is 2.09. The second-order valence-corrected chi connectivity index (χ2v) is 5.16. The third-order valence-electron chi connectivity index (χ3n) is 3.64. The van der Waals surface area contributed by atoms with Gasteiger partial charge in [0, 0.05) is 44.9 Å². The molecule has 0 saturated carbocycles. The summed E-state index contributed by atoms with van der Waals surface area (Å²) in [5, 5.41) is 10.9. The summed E-state index contributed by atoms with van der Waals surface area (Å²) in [6, 6.07) is 0. The normalized spacial score (nSPS) is 11.4. The number of nitrogens with one attached hydrogen (secondary N) is 2. The second kappa shape index (κ2) is 9.07.